The third kappa shape index (κ3) is 5.44. The van der Waals surface area contributed by atoms with Gasteiger partial charge in [0.15, 0.2) is 0 Å². The van der Waals surface area contributed by atoms with E-state index in [4.69, 9.17) is 28.5 Å². The Balaban J connectivity index is 1.89. The first kappa shape index (κ1) is 19.2. The third-order valence-corrected chi connectivity index (χ3v) is 5.18. The van der Waals surface area contributed by atoms with Crippen LogP contribution in [-0.2, 0) is 14.8 Å². The molecule has 25 heavy (non-hydrogen) atoms. The highest BCUT2D eigenvalue weighted by Crippen LogP contribution is 2.20. The fraction of sp³-hybridized carbons (Fsp3) is 0.125. The molecule has 0 spiro atoms. The van der Waals surface area contributed by atoms with Crippen LogP contribution in [0.15, 0.2) is 47.4 Å². The Morgan fingerprint density at radius 2 is 1.80 bits per heavy atom. The zero-order valence-corrected chi connectivity index (χ0v) is 15.1. The van der Waals surface area contributed by atoms with Gasteiger partial charge in [-0.15, -0.1) is 0 Å². The van der Waals surface area contributed by atoms with Crippen LogP contribution in [0.1, 0.15) is 12.0 Å². The van der Waals surface area contributed by atoms with Crippen molar-refractivity contribution in [3.05, 3.63) is 58.1 Å². The van der Waals surface area contributed by atoms with Crippen molar-refractivity contribution in [3.8, 4) is 6.07 Å². The SMILES string of the molecule is N#Cc1ccc(NC(=O)CCNS(=O)(=O)c2ccc(Cl)cc2)cc1Cl. The quantitative estimate of drug-likeness (QED) is 0.781. The Kier molecular flexibility index (Phi) is 6.39. The predicted molar refractivity (Wildman–Crippen MR) is 96.1 cm³/mol. The number of nitrogens with zero attached hydrogens (tertiary/aromatic N) is 1. The van der Waals surface area contributed by atoms with Crippen molar-refractivity contribution in [2.45, 2.75) is 11.3 Å². The number of anilines is 1. The van der Waals surface area contributed by atoms with E-state index >= 15 is 0 Å². The van der Waals surface area contributed by atoms with Gasteiger partial charge in [0.05, 0.1) is 15.5 Å². The Morgan fingerprint density at radius 1 is 1.12 bits per heavy atom. The molecule has 0 radical (unpaired) electrons. The van der Waals surface area contributed by atoms with Crippen molar-refractivity contribution in [3.63, 3.8) is 0 Å². The van der Waals surface area contributed by atoms with Gasteiger partial charge in [-0.3, -0.25) is 4.79 Å². The number of hydrogen-bond donors (Lipinski definition) is 2. The van der Waals surface area contributed by atoms with Crippen LogP contribution in [0, 0.1) is 11.3 Å². The molecule has 1 amide bonds. The summed E-state index contributed by atoms with van der Waals surface area (Å²) >= 11 is 11.6. The van der Waals surface area contributed by atoms with Crippen LogP contribution >= 0.6 is 23.2 Å². The number of carbonyl (C=O) groups excluding carboxylic acids is 1. The summed E-state index contributed by atoms with van der Waals surface area (Å²) in [6, 6.07) is 12.1. The highest BCUT2D eigenvalue weighted by atomic mass is 35.5. The van der Waals surface area contributed by atoms with Gasteiger partial charge in [-0.2, -0.15) is 5.26 Å². The lowest BCUT2D eigenvalue weighted by Gasteiger charge is -2.08. The van der Waals surface area contributed by atoms with Crippen molar-refractivity contribution in [2.24, 2.45) is 0 Å². The van der Waals surface area contributed by atoms with E-state index in [1.165, 1.54) is 36.4 Å². The number of hydrogen-bond acceptors (Lipinski definition) is 4. The first-order chi connectivity index (χ1) is 11.8. The Morgan fingerprint density at radius 3 is 2.40 bits per heavy atom. The monoisotopic (exact) mass is 397 g/mol. The molecule has 6 nitrogen and oxygen atoms in total. The van der Waals surface area contributed by atoms with E-state index in [-0.39, 0.29) is 28.8 Å². The van der Waals surface area contributed by atoms with Crippen molar-refractivity contribution in [1.29, 1.82) is 5.26 Å². The second-order valence-electron chi connectivity index (χ2n) is 4.96. The summed E-state index contributed by atoms with van der Waals surface area (Å²) in [6.07, 6.45) is -0.0650. The van der Waals surface area contributed by atoms with E-state index in [9.17, 15) is 13.2 Å². The number of carbonyl (C=O) groups is 1. The van der Waals surface area contributed by atoms with E-state index in [1.807, 2.05) is 6.07 Å². The molecule has 0 bridgehead atoms. The fourth-order valence-electron chi connectivity index (χ4n) is 1.90. The zero-order chi connectivity index (χ0) is 18.4. The summed E-state index contributed by atoms with van der Waals surface area (Å²) in [6.45, 7) is -0.0686. The van der Waals surface area contributed by atoms with Crippen LogP contribution in [0.3, 0.4) is 0 Å². The van der Waals surface area contributed by atoms with Gasteiger partial charge in [-0.05, 0) is 42.5 Å². The molecule has 130 valence electrons. The second kappa shape index (κ2) is 8.32. The molecule has 0 atom stereocenters. The molecule has 2 rings (SSSR count). The maximum Gasteiger partial charge on any atom is 0.240 e. The van der Waals surface area contributed by atoms with Crippen molar-refractivity contribution in [2.75, 3.05) is 11.9 Å². The summed E-state index contributed by atoms with van der Waals surface area (Å²) in [7, 11) is -3.71. The molecular weight excluding hydrogens is 385 g/mol. The highest BCUT2D eigenvalue weighted by Gasteiger charge is 2.14. The summed E-state index contributed by atoms with van der Waals surface area (Å²) < 4.78 is 26.5. The number of nitriles is 1. The van der Waals surface area contributed by atoms with Gasteiger partial charge in [0.2, 0.25) is 15.9 Å². The van der Waals surface area contributed by atoms with Gasteiger partial charge in [-0.1, -0.05) is 23.2 Å². The van der Waals surface area contributed by atoms with E-state index in [1.54, 1.807) is 6.07 Å². The van der Waals surface area contributed by atoms with Crippen LogP contribution in [0.25, 0.3) is 0 Å². The van der Waals surface area contributed by atoms with Crippen LogP contribution < -0.4 is 10.0 Å². The molecule has 0 aromatic heterocycles. The Bertz CT molecular complexity index is 923. The van der Waals surface area contributed by atoms with Gasteiger partial charge < -0.3 is 5.32 Å². The third-order valence-electron chi connectivity index (χ3n) is 3.14. The predicted octanol–water partition coefficient (Wildman–Crippen LogP) is 3.17. The smallest absolute Gasteiger partial charge is 0.240 e. The molecule has 0 saturated carbocycles. The minimum absolute atomic E-state index is 0.0650. The van der Waals surface area contributed by atoms with E-state index in [0.29, 0.717) is 16.3 Å². The summed E-state index contributed by atoms with van der Waals surface area (Å²) in [5.74, 6) is -0.389. The minimum Gasteiger partial charge on any atom is -0.326 e. The molecule has 2 N–H and O–H groups in total. The van der Waals surface area contributed by atoms with Crippen LogP contribution in [-0.4, -0.2) is 20.9 Å². The standard InChI is InChI=1S/C16H13Cl2N3O3S/c17-12-2-5-14(6-3-12)25(23,24)20-8-7-16(22)21-13-4-1-11(10-19)15(18)9-13/h1-6,9,20H,7-8H2,(H,21,22). The van der Waals surface area contributed by atoms with Gasteiger partial charge in [0.1, 0.15) is 6.07 Å². The van der Waals surface area contributed by atoms with E-state index in [0.717, 1.165) is 0 Å². The number of amides is 1. The van der Waals surface area contributed by atoms with Gasteiger partial charge in [-0.25, -0.2) is 13.1 Å². The lowest BCUT2D eigenvalue weighted by atomic mass is 10.2. The molecular formula is C16H13Cl2N3O3S. The lowest BCUT2D eigenvalue weighted by molar-refractivity contribution is -0.116. The first-order valence-electron chi connectivity index (χ1n) is 7.06. The summed E-state index contributed by atoms with van der Waals surface area (Å²) in [4.78, 5) is 11.9. The van der Waals surface area contributed by atoms with Crippen molar-refractivity contribution >= 4 is 44.8 Å². The van der Waals surface area contributed by atoms with Crippen LogP contribution in [0.4, 0.5) is 5.69 Å². The molecule has 0 unspecified atom stereocenters. The van der Waals surface area contributed by atoms with Crippen LogP contribution in [0.2, 0.25) is 10.0 Å². The van der Waals surface area contributed by atoms with Gasteiger partial charge in [0, 0.05) is 23.7 Å². The number of rotatable bonds is 6. The minimum atomic E-state index is -3.71. The lowest BCUT2D eigenvalue weighted by Crippen LogP contribution is -2.27. The van der Waals surface area contributed by atoms with Gasteiger partial charge >= 0.3 is 0 Å². The maximum atomic E-state index is 12.1. The van der Waals surface area contributed by atoms with E-state index < -0.39 is 10.0 Å². The number of nitrogens with one attached hydrogen (secondary N) is 2. The number of halogens is 2. The molecule has 0 saturated heterocycles. The molecule has 9 heteroatoms. The highest BCUT2D eigenvalue weighted by molar-refractivity contribution is 7.89. The second-order valence-corrected chi connectivity index (χ2v) is 7.57. The topological polar surface area (TPSA) is 99.1 Å². The Labute approximate surface area is 155 Å². The largest absolute Gasteiger partial charge is 0.326 e. The average Bonchev–Trinajstić information content (AvgIpc) is 2.55. The molecule has 2 aromatic carbocycles. The maximum absolute atomic E-state index is 12.1. The molecule has 0 aliphatic carbocycles. The molecule has 0 aliphatic rings. The fourth-order valence-corrected chi connectivity index (χ4v) is 3.28. The molecule has 2 aromatic rings. The summed E-state index contributed by atoms with van der Waals surface area (Å²) in [5, 5.41) is 12.0. The molecule has 0 heterocycles. The van der Waals surface area contributed by atoms with Crippen molar-refractivity contribution in [1.82, 2.24) is 4.72 Å². The number of benzene rings is 2. The molecule has 0 fully saturated rings. The van der Waals surface area contributed by atoms with Crippen LogP contribution in [0.5, 0.6) is 0 Å². The summed E-state index contributed by atoms with van der Waals surface area (Å²) in [5.41, 5.74) is 0.727. The average molecular weight is 398 g/mol. The zero-order valence-electron chi connectivity index (χ0n) is 12.8. The van der Waals surface area contributed by atoms with Crippen molar-refractivity contribution < 1.29 is 13.2 Å². The van der Waals surface area contributed by atoms with E-state index in [2.05, 4.69) is 10.0 Å². The first-order valence-corrected chi connectivity index (χ1v) is 9.30. The van der Waals surface area contributed by atoms with Gasteiger partial charge in [0.25, 0.3) is 0 Å². The number of sulfonamides is 1. The Hall–Kier alpha value is -2.11. The normalized spacial score (nSPS) is 10.9. The molecule has 0 aliphatic heterocycles.